The molecule has 4 nitrogen and oxygen atoms in total. The minimum absolute atomic E-state index is 0.321. The maximum atomic E-state index is 13.9. The van der Waals surface area contributed by atoms with Crippen LogP contribution in [0.3, 0.4) is 0 Å². The van der Waals surface area contributed by atoms with Gasteiger partial charge in [0.25, 0.3) is 0 Å². The first-order valence-corrected chi connectivity index (χ1v) is 8.66. The molecule has 0 aliphatic heterocycles. The SMILES string of the molecule is C[C@](C#N)(COc1ccc(C#N)cc1C(F)(F)F)NC(=S)c1c(F)c(F)c(F)c(F)c1F. The molecule has 0 fully saturated rings. The Morgan fingerprint density at radius 1 is 1.00 bits per heavy atom. The van der Waals surface area contributed by atoms with Crippen LogP contribution in [0.15, 0.2) is 18.2 Å². The highest BCUT2D eigenvalue weighted by atomic mass is 32.1. The van der Waals surface area contributed by atoms with Gasteiger partial charge in [-0.3, -0.25) is 0 Å². The van der Waals surface area contributed by atoms with Gasteiger partial charge in [-0.1, -0.05) is 12.2 Å². The molecule has 0 amide bonds. The Morgan fingerprint density at radius 2 is 1.53 bits per heavy atom. The number of alkyl halides is 3. The van der Waals surface area contributed by atoms with Crippen molar-refractivity contribution in [2.45, 2.75) is 18.6 Å². The largest absolute Gasteiger partial charge is 0.489 e. The van der Waals surface area contributed by atoms with Crippen molar-refractivity contribution in [1.29, 1.82) is 10.5 Å². The van der Waals surface area contributed by atoms with Crippen molar-refractivity contribution in [3.05, 3.63) is 64.0 Å². The lowest BCUT2D eigenvalue weighted by atomic mass is 10.0. The highest BCUT2D eigenvalue weighted by Gasteiger charge is 2.37. The Hall–Kier alpha value is -3.45. The Morgan fingerprint density at radius 3 is 2.00 bits per heavy atom. The number of hydrogen-bond acceptors (Lipinski definition) is 4. The van der Waals surface area contributed by atoms with E-state index < -0.39 is 69.3 Å². The van der Waals surface area contributed by atoms with Crippen molar-refractivity contribution in [1.82, 2.24) is 5.32 Å². The number of hydrogen-bond donors (Lipinski definition) is 1. The summed E-state index contributed by atoms with van der Waals surface area (Å²) in [4.78, 5) is -1.07. The monoisotopic (exact) mass is 479 g/mol. The number of halogens is 8. The highest BCUT2D eigenvalue weighted by Crippen LogP contribution is 2.37. The van der Waals surface area contributed by atoms with Crippen LogP contribution in [0.25, 0.3) is 0 Å². The lowest BCUT2D eigenvalue weighted by Gasteiger charge is -2.26. The number of benzene rings is 2. The first-order valence-electron chi connectivity index (χ1n) is 8.25. The van der Waals surface area contributed by atoms with E-state index in [1.165, 1.54) is 6.07 Å². The molecule has 0 bridgehead atoms. The molecule has 0 spiro atoms. The fourth-order valence-corrected chi connectivity index (χ4v) is 2.79. The summed E-state index contributed by atoms with van der Waals surface area (Å²) < 4.78 is 113. The maximum absolute atomic E-state index is 13.9. The Bertz CT molecular complexity index is 1140. The van der Waals surface area contributed by atoms with Gasteiger partial charge < -0.3 is 10.1 Å². The molecule has 0 aliphatic rings. The molecule has 0 aromatic heterocycles. The fourth-order valence-electron chi connectivity index (χ4n) is 2.38. The van der Waals surface area contributed by atoms with Gasteiger partial charge in [0, 0.05) is 0 Å². The molecule has 0 saturated heterocycles. The summed E-state index contributed by atoms with van der Waals surface area (Å²) in [7, 11) is 0. The van der Waals surface area contributed by atoms with Crippen LogP contribution >= 0.6 is 12.2 Å². The van der Waals surface area contributed by atoms with Gasteiger partial charge in [-0.2, -0.15) is 23.7 Å². The van der Waals surface area contributed by atoms with Crippen LogP contribution in [-0.2, 0) is 6.18 Å². The summed E-state index contributed by atoms with van der Waals surface area (Å²) in [5.74, 6) is -12.3. The van der Waals surface area contributed by atoms with E-state index in [0.29, 0.717) is 6.07 Å². The maximum Gasteiger partial charge on any atom is 0.420 e. The number of rotatable bonds is 5. The normalized spacial score (nSPS) is 13.0. The first kappa shape index (κ1) is 24.8. The average molecular weight is 479 g/mol. The Labute approximate surface area is 180 Å². The van der Waals surface area contributed by atoms with Crippen LogP contribution in [0.1, 0.15) is 23.6 Å². The number of nitrogens with one attached hydrogen (secondary N) is 1. The molecule has 13 heteroatoms. The van der Waals surface area contributed by atoms with Crippen LogP contribution in [0, 0.1) is 51.7 Å². The number of thiocarbonyl (C=S) groups is 1. The van der Waals surface area contributed by atoms with Gasteiger partial charge in [-0.05, 0) is 25.1 Å². The van der Waals surface area contributed by atoms with E-state index in [1.807, 2.05) is 5.32 Å². The topological polar surface area (TPSA) is 68.8 Å². The van der Waals surface area contributed by atoms with E-state index in [-0.39, 0.29) is 5.56 Å². The van der Waals surface area contributed by atoms with Gasteiger partial charge in [0.15, 0.2) is 28.8 Å². The van der Waals surface area contributed by atoms with E-state index in [9.17, 15) is 40.4 Å². The summed E-state index contributed by atoms with van der Waals surface area (Å²) >= 11 is 4.65. The van der Waals surface area contributed by atoms with Crippen LogP contribution in [0.5, 0.6) is 5.75 Å². The van der Waals surface area contributed by atoms with Crippen molar-refractivity contribution in [2.24, 2.45) is 0 Å². The fraction of sp³-hybridized carbons (Fsp3) is 0.211. The molecule has 2 rings (SSSR count). The zero-order valence-electron chi connectivity index (χ0n) is 15.7. The molecule has 0 unspecified atom stereocenters. The Balaban J connectivity index is 2.34. The molecule has 2 aromatic carbocycles. The summed E-state index contributed by atoms with van der Waals surface area (Å²) in [5.41, 5.74) is -5.24. The molecule has 0 aliphatic carbocycles. The zero-order valence-corrected chi connectivity index (χ0v) is 16.5. The predicted octanol–water partition coefficient (Wildman–Crippen LogP) is 4.90. The van der Waals surface area contributed by atoms with Crippen molar-refractivity contribution in [2.75, 3.05) is 6.61 Å². The minimum atomic E-state index is -4.93. The van der Waals surface area contributed by atoms with Gasteiger partial charge in [0.2, 0.25) is 5.82 Å². The number of nitriles is 2. The van der Waals surface area contributed by atoms with Crippen LogP contribution in [0.4, 0.5) is 35.1 Å². The summed E-state index contributed by atoms with van der Waals surface area (Å²) in [6.07, 6.45) is -4.93. The molecule has 1 N–H and O–H groups in total. The quantitative estimate of drug-likeness (QED) is 0.286. The second kappa shape index (κ2) is 8.96. The summed E-state index contributed by atoms with van der Waals surface area (Å²) in [5, 5.41) is 20.2. The van der Waals surface area contributed by atoms with Crippen molar-refractivity contribution in [3.63, 3.8) is 0 Å². The molecule has 2 aromatic rings. The van der Waals surface area contributed by atoms with Gasteiger partial charge in [-0.15, -0.1) is 0 Å². The Kier molecular flexibility index (Phi) is 6.95. The molecule has 168 valence electrons. The van der Waals surface area contributed by atoms with E-state index >= 15 is 0 Å². The third-order valence-electron chi connectivity index (χ3n) is 4.00. The van der Waals surface area contributed by atoms with Gasteiger partial charge in [0.1, 0.15) is 17.3 Å². The molecule has 1 atom stereocenters. The average Bonchev–Trinajstić information content (AvgIpc) is 2.74. The van der Waals surface area contributed by atoms with E-state index in [1.54, 1.807) is 6.07 Å². The van der Waals surface area contributed by atoms with Crippen molar-refractivity contribution < 1.29 is 39.9 Å². The molecule has 0 radical (unpaired) electrons. The summed E-state index contributed by atoms with van der Waals surface area (Å²) in [6, 6.07) is 5.41. The van der Waals surface area contributed by atoms with Gasteiger partial charge in [0.05, 0.1) is 28.8 Å². The lowest BCUT2D eigenvalue weighted by Crippen LogP contribution is -2.49. The molecular weight excluding hydrogens is 470 g/mol. The zero-order chi connectivity index (χ0) is 24.4. The van der Waals surface area contributed by atoms with Crippen molar-refractivity contribution in [3.8, 4) is 17.9 Å². The van der Waals surface area contributed by atoms with Crippen LogP contribution in [0.2, 0.25) is 0 Å². The molecule has 0 heterocycles. The minimum Gasteiger partial charge on any atom is -0.489 e. The van der Waals surface area contributed by atoms with Crippen LogP contribution < -0.4 is 10.1 Å². The van der Waals surface area contributed by atoms with E-state index in [0.717, 1.165) is 19.1 Å². The highest BCUT2D eigenvalue weighted by molar-refractivity contribution is 7.80. The van der Waals surface area contributed by atoms with E-state index in [4.69, 9.17) is 10.00 Å². The number of ether oxygens (including phenoxy) is 1. The third kappa shape index (κ3) is 4.89. The predicted molar refractivity (Wildman–Crippen MR) is 96.7 cm³/mol. The molecule has 0 saturated carbocycles. The standard InChI is InChI=1S/C19H9F8N3OS/c1-18(6-29,7-31-10-3-2-8(5-28)4-9(10)19(25,26)27)30-17(32)11-12(20)14(22)16(24)15(23)13(11)21/h2-4H,7H2,1H3,(H,30,32)/t18-/m0/s1. The third-order valence-corrected chi connectivity index (χ3v) is 4.31. The smallest absolute Gasteiger partial charge is 0.420 e. The van der Waals surface area contributed by atoms with Gasteiger partial charge >= 0.3 is 6.18 Å². The van der Waals surface area contributed by atoms with Crippen molar-refractivity contribution >= 4 is 17.2 Å². The second-order valence-corrected chi connectivity index (χ2v) is 6.86. The molecule has 32 heavy (non-hydrogen) atoms. The first-order chi connectivity index (χ1) is 14.8. The van der Waals surface area contributed by atoms with Crippen LogP contribution in [-0.4, -0.2) is 17.1 Å². The number of nitrogens with zero attached hydrogens (tertiary/aromatic N) is 2. The second-order valence-electron chi connectivity index (χ2n) is 6.45. The molecular formula is C19H9F8N3OS. The van der Waals surface area contributed by atoms with E-state index in [2.05, 4.69) is 12.2 Å². The lowest BCUT2D eigenvalue weighted by molar-refractivity contribution is -0.139. The summed E-state index contributed by atoms with van der Waals surface area (Å²) in [6.45, 7) is 0.107. The van der Waals surface area contributed by atoms with Gasteiger partial charge in [-0.25, -0.2) is 22.0 Å².